The average molecular weight is 570 g/mol. The monoisotopic (exact) mass is 569 g/mol. The SMILES string of the molecule is O=C(CCc1nnc2n(Cc3ccccc3)c(=O)c3ccccc3n12)NCCN1CCN(c2cccc(Cl)c2)CC1. The van der Waals surface area contributed by atoms with Crippen LogP contribution in [0.2, 0.25) is 5.02 Å². The number of anilines is 1. The van der Waals surface area contributed by atoms with Crippen LogP contribution in [-0.4, -0.2) is 69.2 Å². The molecule has 210 valence electrons. The van der Waals surface area contributed by atoms with Crippen LogP contribution in [0.1, 0.15) is 17.8 Å². The van der Waals surface area contributed by atoms with Crippen LogP contribution in [0, 0.1) is 0 Å². The first-order chi connectivity index (χ1) is 20.1. The first-order valence-corrected chi connectivity index (χ1v) is 14.3. The van der Waals surface area contributed by atoms with Crippen molar-refractivity contribution in [3.8, 4) is 0 Å². The molecule has 0 saturated carbocycles. The van der Waals surface area contributed by atoms with E-state index in [-0.39, 0.29) is 17.9 Å². The largest absolute Gasteiger partial charge is 0.369 e. The summed E-state index contributed by atoms with van der Waals surface area (Å²) in [4.78, 5) is 30.8. The van der Waals surface area contributed by atoms with Gasteiger partial charge in [0.15, 0.2) is 0 Å². The summed E-state index contributed by atoms with van der Waals surface area (Å²) < 4.78 is 3.56. The van der Waals surface area contributed by atoms with Crippen molar-refractivity contribution >= 4 is 39.9 Å². The van der Waals surface area contributed by atoms with E-state index in [2.05, 4.69) is 31.4 Å². The Morgan fingerprint density at radius 2 is 1.68 bits per heavy atom. The van der Waals surface area contributed by atoms with E-state index in [1.165, 1.54) is 0 Å². The van der Waals surface area contributed by atoms with Crippen LogP contribution in [0.15, 0.2) is 83.7 Å². The van der Waals surface area contributed by atoms with Gasteiger partial charge in [-0.15, -0.1) is 10.2 Å². The summed E-state index contributed by atoms with van der Waals surface area (Å²) in [6, 6.07) is 25.3. The van der Waals surface area contributed by atoms with Gasteiger partial charge in [-0.05, 0) is 35.9 Å². The Morgan fingerprint density at radius 3 is 2.49 bits per heavy atom. The van der Waals surface area contributed by atoms with Gasteiger partial charge < -0.3 is 10.2 Å². The number of halogens is 1. The van der Waals surface area contributed by atoms with E-state index in [1.807, 2.05) is 77.2 Å². The molecule has 3 aromatic carbocycles. The van der Waals surface area contributed by atoms with E-state index in [0.717, 1.165) is 54.5 Å². The van der Waals surface area contributed by atoms with Gasteiger partial charge in [0.2, 0.25) is 11.7 Å². The summed E-state index contributed by atoms with van der Waals surface area (Å²) in [7, 11) is 0. The van der Waals surface area contributed by atoms with E-state index < -0.39 is 0 Å². The third kappa shape index (κ3) is 5.96. The molecule has 1 saturated heterocycles. The van der Waals surface area contributed by atoms with E-state index >= 15 is 0 Å². The molecular weight excluding hydrogens is 538 g/mol. The molecule has 3 heterocycles. The van der Waals surface area contributed by atoms with E-state index in [4.69, 9.17) is 11.6 Å². The lowest BCUT2D eigenvalue weighted by atomic mass is 10.2. The number of carbonyl (C=O) groups excluding carboxylic acids is 1. The van der Waals surface area contributed by atoms with Crippen LogP contribution in [0.25, 0.3) is 16.7 Å². The Balaban J connectivity index is 1.07. The predicted octanol–water partition coefficient (Wildman–Crippen LogP) is 3.62. The first-order valence-electron chi connectivity index (χ1n) is 14.0. The van der Waals surface area contributed by atoms with Gasteiger partial charge >= 0.3 is 0 Å². The quantitative estimate of drug-likeness (QED) is 0.292. The molecule has 1 amide bonds. The highest BCUT2D eigenvalue weighted by Crippen LogP contribution is 2.21. The fraction of sp³-hybridized carbons (Fsp3) is 0.290. The topological polar surface area (TPSA) is 87.8 Å². The van der Waals surface area contributed by atoms with Crippen molar-refractivity contribution in [2.24, 2.45) is 0 Å². The van der Waals surface area contributed by atoms with Crippen LogP contribution < -0.4 is 15.8 Å². The van der Waals surface area contributed by atoms with Gasteiger partial charge in [-0.25, -0.2) is 0 Å². The van der Waals surface area contributed by atoms with Crippen LogP contribution in [0.5, 0.6) is 0 Å². The first kappa shape index (κ1) is 27.0. The van der Waals surface area contributed by atoms with Crippen molar-refractivity contribution in [2.75, 3.05) is 44.2 Å². The molecule has 0 spiro atoms. The Bertz CT molecular complexity index is 1730. The fourth-order valence-electron chi connectivity index (χ4n) is 5.45. The number of nitrogens with one attached hydrogen (secondary N) is 1. The molecule has 9 nitrogen and oxygen atoms in total. The minimum absolute atomic E-state index is 0.0266. The second-order valence-electron chi connectivity index (χ2n) is 10.3. The van der Waals surface area contributed by atoms with Gasteiger partial charge in [0.05, 0.1) is 17.4 Å². The summed E-state index contributed by atoms with van der Waals surface area (Å²) in [5, 5.41) is 13.2. The zero-order valence-corrected chi connectivity index (χ0v) is 23.5. The molecule has 0 radical (unpaired) electrons. The second kappa shape index (κ2) is 12.1. The number of para-hydroxylation sites is 1. The second-order valence-corrected chi connectivity index (χ2v) is 10.7. The summed E-state index contributed by atoms with van der Waals surface area (Å²) in [5.74, 6) is 1.11. The van der Waals surface area contributed by atoms with Gasteiger partial charge in [0, 0.05) is 62.8 Å². The number of piperazine rings is 1. The van der Waals surface area contributed by atoms with Crippen LogP contribution in [-0.2, 0) is 17.8 Å². The highest BCUT2D eigenvalue weighted by atomic mass is 35.5. The molecule has 0 unspecified atom stereocenters. The number of aromatic nitrogens is 4. The van der Waals surface area contributed by atoms with Crippen molar-refractivity contribution in [1.82, 2.24) is 29.4 Å². The summed E-state index contributed by atoms with van der Waals surface area (Å²) in [5.41, 5.74) is 2.79. The molecule has 5 aromatic rings. The zero-order chi connectivity index (χ0) is 28.2. The van der Waals surface area contributed by atoms with Gasteiger partial charge in [-0.3, -0.25) is 23.5 Å². The Hall–Kier alpha value is -4.21. The van der Waals surface area contributed by atoms with Crippen molar-refractivity contribution in [3.05, 3.63) is 106 Å². The third-order valence-electron chi connectivity index (χ3n) is 7.63. The molecular formula is C31H32ClN7O2. The minimum atomic E-state index is -0.109. The Morgan fingerprint density at radius 1 is 0.902 bits per heavy atom. The van der Waals surface area contributed by atoms with Crippen molar-refractivity contribution in [2.45, 2.75) is 19.4 Å². The lowest BCUT2D eigenvalue weighted by Gasteiger charge is -2.36. The average Bonchev–Trinajstić information content (AvgIpc) is 3.43. The Labute approximate surface area is 243 Å². The minimum Gasteiger partial charge on any atom is -0.369 e. The predicted molar refractivity (Wildman–Crippen MR) is 162 cm³/mol. The normalized spacial score (nSPS) is 14.1. The molecule has 41 heavy (non-hydrogen) atoms. The number of hydrogen-bond donors (Lipinski definition) is 1. The molecule has 1 fully saturated rings. The van der Waals surface area contributed by atoms with Crippen molar-refractivity contribution in [1.29, 1.82) is 0 Å². The molecule has 10 heteroatoms. The highest BCUT2D eigenvalue weighted by Gasteiger charge is 2.19. The number of nitrogens with zero attached hydrogens (tertiary/aromatic N) is 6. The summed E-state index contributed by atoms with van der Waals surface area (Å²) in [6.45, 7) is 5.52. The molecule has 1 aliphatic rings. The molecule has 0 atom stereocenters. The number of fused-ring (bicyclic) bond motifs is 3. The van der Waals surface area contributed by atoms with Gasteiger partial charge in [-0.2, -0.15) is 0 Å². The molecule has 0 aliphatic carbocycles. The van der Waals surface area contributed by atoms with E-state index in [0.29, 0.717) is 36.5 Å². The van der Waals surface area contributed by atoms with Crippen LogP contribution in [0.4, 0.5) is 5.69 Å². The molecule has 0 bridgehead atoms. The lowest BCUT2D eigenvalue weighted by molar-refractivity contribution is -0.121. The smallest absolute Gasteiger partial charge is 0.263 e. The number of hydrogen-bond acceptors (Lipinski definition) is 6. The van der Waals surface area contributed by atoms with Crippen molar-refractivity contribution < 1.29 is 4.79 Å². The molecule has 1 aliphatic heterocycles. The van der Waals surface area contributed by atoms with E-state index in [1.54, 1.807) is 4.57 Å². The number of rotatable bonds is 9. The molecule has 2 aromatic heterocycles. The Kier molecular flexibility index (Phi) is 7.98. The van der Waals surface area contributed by atoms with Gasteiger partial charge in [0.1, 0.15) is 5.82 Å². The van der Waals surface area contributed by atoms with Gasteiger partial charge in [-0.1, -0.05) is 60.1 Å². The third-order valence-corrected chi connectivity index (χ3v) is 7.87. The van der Waals surface area contributed by atoms with Gasteiger partial charge in [0.25, 0.3) is 5.56 Å². The number of aryl methyl sites for hydroxylation is 1. The maximum absolute atomic E-state index is 13.4. The summed E-state index contributed by atoms with van der Waals surface area (Å²) in [6.07, 6.45) is 0.703. The molecule has 1 N–H and O–H groups in total. The lowest BCUT2D eigenvalue weighted by Crippen LogP contribution is -2.48. The van der Waals surface area contributed by atoms with Crippen molar-refractivity contribution in [3.63, 3.8) is 0 Å². The molecule has 6 rings (SSSR count). The number of amides is 1. The number of benzene rings is 3. The maximum Gasteiger partial charge on any atom is 0.263 e. The summed E-state index contributed by atoms with van der Waals surface area (Å²) >= 11 is 6.15. The maximum atomic E-state index is 13.4. The van der Waals surface area contributed by atoms with Crippen LogP contribution >= 0.6 is 11.6 Å². The zero-order valence-electron chi connectivity index (χ0n) is 22.7. The number of carbonyl (C=O) groups is 1. The van der Waals surface area contributed by atoms with Crippen LogP contribution in [0.3, 0.4) is 0 Å². The standard InChI is InChI=1S/C31H32ClN7O2/c32-24-9-6-10-25(21-24)37-19-17-36(18-20-37)16-15-33-29(40)14-13-28-34-35-31-38(22-23-7-2-1-3-8-23)30(41)26-11-4-5-12-27(26)39(28)31/h1-12,21H,13-20,22H2,(H,33,40). The fourth-order valence-corrected chi connectivity index (χ4v) is 5.64. The highest BCUT2D eigenvalue weighted by molar-refractivity contribution is 6.30. The van der Waals surface area contributed by atoms with E-state index in [9.17, 15) is 9.59 Å².